The van der Waals surface area contributed by atoms with Gasteiger partial charge in [0, 0.05) is 32.1 Å². The lowest BCUT2D eigenvalue weighted by atomic mass is 10.1. The van der Waals surface area contributed by atoms with Crippen molar-refractivity contribution in [3.05, 3.63) is 87.6 Å². The minimum absolute atomic E-state index is 0.0581. The number of hydrogen-bond donors (Lipinski definition) is 0. The average molecular weight is 467 g/mol. The van der Waals surface area contributed by atoms with Gasteiger partial charge in [0.05, 0.1) is 21.0 Å². The Morgan fingerprint density at radius 1 is 0.793 bits per heavy atom. The minimum atomic E-state index is -4.05. The van der Waals surface area contributed by atoms with E-state index in [1.165, 1.54) is 42.5 Å². The highest BCUT2D eigenvalue weighted by Gasteiger charge is 2.25. The third-order valence-corrected chi connectivity index (χ3v) is 6.70. The van der Waals surface area contributed by atoms with E-state index >= 15 is 0 Å². The molecule has 0 radical (unpaired) electrons. The van der Waals surface area contributed by atoms with Gasteiger partial charge in [0.15, 0.2) is 0 Å². The summed E-state index contributed by atoms with van der Waals surface area (Å²) in [6, 6.07) is 16.1. The van der Waals surface area contributed by atoms with Crippen molar-refractivity contribution in [2.75, 3.05) is 0 Å². The first-order chi connectivity index (χ1) is 13.7. The molecule has 29 heavy (non-hydrogen) atoms. The number of rotatable bonds is 3. The number of benzene rings is 3. The zero-order valence-corrected chi connectivity index (χ0v) is 17.6. The summed E-state index contributed by atoms with van der Waals surface area (Å²) >= 11 is 18.1. The Kier molecular flexibility index (Phi) is 5.25. The summed E-state index contributed by atoms with van der Waals surface area (Å²) < 4.78 is 40.6. The maximum absolute atomic E-state index is 13.7. The maximum atomic E-state index is 13.7. The molecule has 0 saturated heterocycles. The van der Waals surface area contributed by atoms with E-state index in [1.807, 2.05) is 0 Å². The van der Waals surface area contributed by atoms with E-state index in [1.54, 1.807) is 24.3 Å². The smallest absolute Gasteiger partial charge is 0.208 e. The molecule has 3 nitrogen and oxygen atoms in total. The number of aromatic nitrogens is 1. The van der Waals surface area contributed by atoms with Crippen LogP contribution in [0.25, 0.3) is 22.2 Å². The second-order valence-corrected chi connectivity index (χ2v) is 9.52. The van der Waals surface area contributed by atoms with E-state index in [4.69, 9.17) is 34.8 Å². The molecule has 1 aromatic heterocycles. The number of sulfone groups is 1. The molecule has 0 atom stereocenters. The Bertz CT molecular complexity index is 1350. The quantitative estimate of drug-likeness (QED) is 0.332. The van der Waals surface area contributed by atoms with Gasteiger partial charge in [-0.3, -0.25) is 0 Å². The third-order valence-electron chi connectivity index (χ3n) is 4.28. The highest BCUT2D eigenvalue weighted by atomic mass is 35.5. The first-order valence-corrected chi connectivity index (χ1v) is 10.9. The molecule has 0 saturated carbocycles. The fourth-order valence-electron chi connectivity index (χ4n) is 2.98. The summed E-state index contributed by atoms with van der Waals surface area (Å²) in [5.74, 6) is -0.473. The molecule has 0 spiro atoms. The van der Waals surface area contributed by atoms with Gasteiger partial charge in [0.2, 0.25) is 9.84 Å². The molecule has 0 amide bonds. The molecule has 0 aliphatic carbocycles. The molecule has 0 unspecified atom stereocenters. The Labute approximate surface area is 181 Å². The van der Waals surface area contributed by atoms with E-state index in [-0.39, 0.29) is 25.5 Å². The van der Waals surface area contributed by atoms with Crippen LogP contribution in [-0.4, -0.2) is 13.4 Å². The van der Waals surface area contributed by atoms with Crippen molar-refractivity contribution >= 4 is 55.5 Å². The molecule has 4 aromatic rings. The molecule has 1 heterocycles. The standard InChI is InChI=1S/C21H11Cl3FNO2S/c22-14-3-1-2-13(6-14)21-20(7-12-4-5-17(25)11-19(12)26-21)29(27,28)18-9-15(23)8-16(24)10-18/h1-11H. The predicted octanol–water partition coefficient (Wildman–Crippen LogP) is 6.83. The normalized spacial score (nSPS) is 11.7. The summed E-state index contributed by atoms with van der Waals surface area (Å²) in [5, 5.41) is 1.27. The largest absolute Gasteiger partial charge is 0.246 e. The molecule has 0 aliphatic heterocycles. The summed E-state index contributed by atoms with van der Waals surface area (Å²) in [7, 11) is -4.05. The van der Waals surface area contributed by atoms with Crippen LogP contribution >= 0.6 is 34.8 Å². The molecule has 3 aromatic carbocycles. The first-order valence-electron chi connectivity index (χ1n) is 8.31. The summed E-state index contributed by atoms with van der Waals surface area (Å²) in [5.41, 5.74) is 0.958. The summed E-state index contributed by atoms with van der Waals surface area (Å²) in [6.45, 7) is 0. The van der Waals surface area contributed by atoms with Gasteiger partial charge in [-0.1, -0.05) is 46.9 Å². The predicted molar refractivity (Wildman–Crippen MR) is 114 cm³/mol. The highest BCUT2D eigenvalue weighted by Crippen LogP contribution is 2.35. The Hall–Kier alpha value is -2.18. The summed E-state index contributed by atoms with van der Waals surface area (Å²) in [6.07, 6.45) is 0. The molecular formula is C21H11Cl3FNO2S. The van der Waals surface area contributed by atoms with Gasteiger partial charge in [-0.2, -0.15) is 0 Å². The highest BCUT2D eigenvalue weighted by molar-refractivity contribution is 7.91. The molecule has 0 bridgehead atoms. The van der Waals surface area contributed by atoms with Gasteiger partial charge in [-0.15, -0.1) is 0 Å². The average Bonchev–Trinajstić information content (AvgIpc) is 2.66. The van der Waals surface area contributed by atoms with Gasteiger partial charge < -0.3 is 0 Å². The Morgan fingerprint density at radius 2 is 1.52 bits per heavy atom. The van der Waals surface area contributed by atoms with Crippen LogP contribution in [0.3, 0.4) is 0 Å². The van der Waals surface area contributed by atoms with Crippen molar-refractivity contribution in [2.24, 2.45) is 0 Å². The van der Waals surface area contributed by atoms with Crippen LogP contribution in [0.15, 0.2) is 76.5 Å². The lowest BCUT2D eigenvalue weighted by Gasteiger charge is -2.13. The number of fused-ring (bicyclic) bond motifs is 1. The Balaban J connectivity index is 2.06. The topological polar surface area (TPSA) is 47.0 Å². The van der Waals surface area contributed by atoms with Crippen molar-refractivity contribution in [3.63, 3.8) is 0 Å². The Morgan fingerprint density at radius 3 is 2.21 bits per heavy atom. The van der Waals surface area contributed by atoms with Crippen LogP contribution in [0, 0.1) is 5.82 Å². The van der Waals surface area contributed by atoms with Crippen molar-refractivity contribution in [1.29, 1.82) is 0 Å². The van der Waals surface area contributed by atoms with Crippen LogP contribution in [0.5, 0.6) is 0 Å². The van der Waals surface area contributed by atoms with Gasteiger partial charge >= 0.3 is 0 Å². The second-order valence-electron chi connectivity index (χ2n) is 6.29. The molecule has 4 rings (SSSR count). The lowest BCUT2D eigenvalue weighted by molar-refractivity contribution is 0.596. The third kappa shape index (κ3) is 3.96. The van der Waals surface area contributed by atoms with E-state index in [0.29, 0.717) is 21.5 Å². The van der Waals surface area contributed by atoms with Crippen LogP contribution in [0.4, 0.5) is 4.39 Å². The zero-order valence-electron chi connectivity index (χ0n) is 14.5. The first kappa shape index (κ1) is 20.1. The van der Waals surface area contributed by atoms with Gasteiger partial charge in [0.1, 0.15) is 5.82 Å². The number of halogens is 4. The second kappa shape index (κ2) is 7.58. The zero-order chi connectivity index (χ0) is 20.8. The van der Waals surface area contributed by atoms with Crippen LogP contribution in [0.2, 0.25) is 15.1 Å². The number of pyridine rings is 1. The van der Waals surface area contributed by atoms with E-state index in [2.05, 4.69) is 4.98 Å². The van der Waals surface area contributed by atoms with Crippen molar-refractivity contribution in [2.45, 2.75) is 9.79 Å². The minimum Gasteiger partial charge on any atom is -0.246 e. The molecule has 8 heteroatoms. The van der Waals surface area contributed by atoms with Crippen molar-refractivity contribution < 1.29 is 12.8 Å². The number of hydrogen-bond acceptors (Lipinski definition) is 3. The van der Waals surface area contributed by atoms with E-state index in [9.17, 15) is 12.8 Å². The lowest BCUT2D eigenvalue weighted by Crippen LogP contribution is -2.06. The molecular weight excluding hydrogens is 456 g/mol. The fraction of sp³-hybridized carbons (Fsp3) is 0. The van der Waals surface area contributed by atoms with Crippen LogP contribution in [-0.2, 0) is 9.84 Å². The molecule has 146 valence electrons. The van der Waals surface area contributed by atoms with Gasteiger partial charge in [0.25, 0.3) is 0 Å². The molecule has 0 N–H and O–H groups in total. The van der Waals surface area contributed by atoms with Gasteiger partial charge in [-0.25, -0.2) is 17.8 Å². The van der Waals surface area contributed by atoms with Crippen LogP contribution in [0.1, 0.15) is 0 Å². The SMILES string of the molecule is O=S(=O)(c1cc(Cl)cc(Cl)c1)c1cc2ccc(F)cc2nc1-c1cccc(Cl)c1. The fourth-order valence-corrected chi connectivity index (χ4v) is 5.34. The van der Waals surface area contributed by atoms with E-state index < -0.39 is 15.7 Å². The van der Waals surface area contributed by atoms with E-state index in [0.717, 1.165) is 0 Å². The maximum Gasteiger partial charge on any atom is 0.208 e. The monoisotopic (exact) mass is 465 g/mol. The van der Waals surface area contributed by atoms with Crippen molar-refractivity contribution in [3.8, 4) is 11.3 Å². The summed E-state index contributed by atoms with van der Waals surface area (Å²) in [4.78, 5) is 4.31. The van der Waals surface area contributed by atoms with Crippen molar-refractivity contribution in [1.82, 2.24) is 4.98 Å². The molecule has 0 fully saturated rings. The number of nitrogens with zero attached hydrogens (tertiary/aromatic N) is 1. The van der Waals surface area contributed by atoms with Gasteiger partial charge in [-0.05, 0) is 48.5 Å². The van der Waals surface area contributed by atoms with Crippen LogP contribution < -0.4 is 0 Å². The molecule has 0 aliphatic rings.